The molecule has 0 aliphatic heterocycles. The maximum Gasteiger partial charge on any atom is 0.336 e. The predicted octanol–water partition coefficient (Wildman–Crippen LogP) is 3.98. The number of nitrogens with one attached hydrogen (secondary N) is 2. The van der Waals surface area contributed by atoms with Crippen LogP contribution in [0.5, 0.6) is 5.75 Å². The number of aromatic nitrogens is 2. The number of carboxylic acid groups (broad SMARTS) is 1. The summed E-state index contributed by atoms with van der Waals surface area (Å²) in [5.41, 5.74) is 2.36. The van der Waals surface area contributed by atoms with Gasteiger partial charge in [0.15, 0.2) is 0 Å². The van der Waals surface area contributed by atoms with Crippen molar-refractivity contribution in [1.82, 2.24) is 10.2 Å². The van der Waals surface area contributed by atoms with Gasteiger partial charge in [0.2, 0.25) is 10.0 Å². The minimum atomic E-state index is -3.56. The van der Waals surface area contributed by atoms with Crippen LogP contribution in [0, 0.1) is 0 Å². The molecule has 0 fully saturated rings. The summed E-state index contributed by atoms with van der Waals surface area (Å²) in [7, 11) is -2.01. The van der Waals surface area contributed by atoms with Gasteiger partial charge in [0.1, 0.15) is 5.75 Å². The van der Waals surface area contributed by atoms with Crippen molar-refractivity contribution in [3.8, 4) is 16.9 Å². The van der Waals surface area contributed by atoms with Gasteiger partial charge in [0.05, 0.1) is 24.5 Å². The Morgan fingerprint density at radius 3 is 2.37 bits per heavy atom. The molecule has 1 heterocycles. The van der Waals surface area contributed by atoms with Gasteiger partial charge < -0.3 is 9.84 Å². The highest BCUT2D eigenvalue weighted by Crippen LogP contribution is 2.38. The van der Waals surface area contributed by atoms with E-state index in [2.05, 4.69) is 14.9 Å². The number of carbonyl (C=O) groups is 1. The molecule has 0 saturated heterocycles. The summed E-state index contributed by atoms with van der Waals surface area (Å²) >= 11 is 0. The van der Waals surface area contributed by atoms with E-state index in [1.807, 2.05) is 26.8 Å². The molecule has 0 aliphatic carbocycles. The molecule has 0 radical (unpaired) electrons. The number of methoxy groups -OCH3 is 1. The topological polar surface area (TPSA) is 138 Å². The molecule has 2 aromatic carbocycles. The molecule has 1 aromatic heterocycles. The Morgan fingerprint density at radius 1 is 1.11 bits per heavy atom. The average Bonchev–Trinajstić information content (AvgIpc) is 2.76. The van der Waals surface area contributed by atoms with Crippen LogP contribution in [0.4, 0.5) is 5.69 Å². The Hall–Kier alpha value is -3.92. The number of aromatic carboxylic acids is 1. The first-order valence-corrected chi connectivity index (χ1v) is 12.5. The Bertz CT molecular complexity index is 1470. The van der Waals surface area contributed by atoms with Crippen LogP contribution in [0.1, 0.15) is 47.8 Å². The van der Waals surface area contributed by atoms with Gasteiger partial charge in [-0.05, 0) is 46.9 Å². The average molecular weight is 498 g/mol. The van der Waals surface area contributed by atoms with Gasteiger partial charge in [-0.1, -0.05) is 39.0 Å². The molecule has 3 N–H and O–H groups in total. The fourth-order valence-corrected chi connectivity index (χ4v) is 4.19. The van der Waals surface area contributed by atoms with Gasteiger partial charge in [-0.3, -0.25) is 9.52 Å². The number of hydrogen-bond donors (Lipinski definition) is 3. The Morgan fingerprint density at radius 2 is 1.80 bits per heavy atom. The molecule has 0 spiro atoms. The molecule has 35 heavy (non-hydrogen) atoms. The summed E-state index contributed by atoms with van der Waals surface area (Å²) < 4.78 is 31.0. The van der Waals surface area contributed by atoms with Crippen molar-refractivity contribution in [2.24, 2.45) is 0 Å². The first-order valence-electron chi connectivity index (χ1n) is 10.6. The number of sulfonamides is 1. The fourth-order valence-electron chi connectivity index (χ4n) is 3.63. The molecule has 0 amide bonds. The maximum absolute atomic E-state index is 12.4. The van der Waals surface area contributed by atoms with Crippen molar-refractivity contribution in [3.63, 3.8) is 0 Å². The van der Waals surface area contributed by atoms with Crippen molar-refractivity contribution >= 4 is 33.8 Å². The van der Waals surface area contributed by atoms with Gasteiger partial charge in [0.25, 0.3) is 5.56 Å². The van der Waals surface area contributed by atoms with Crippen LogP contribution in [-0.4, -0.2) is 43.1 Å². The van der Waals surface area contributed by atoms with Gasteiger partial charge in [0, 0.05) is 23.0 Å². The Kier molecular flexibility index (Phi) is 7.16. The summed E-state index contributed by atoms with van der Waals surface area (Å²) in [6.45, 7) is 6.07. The largest absolute Gasteiger partial charge is 0.496 e. The molecule has 0 unspecified atom stereocenters. The lowest BCUT2D eigenvalue weighted by Crippen LogP contribution is -2.15. The fraction of sp³-hybridized carbons (Fsp3) is 0.240. The third-order valence-corrected chi connectivity index (χ3v) is 5.80. The zero-order valence-electron chi connectivity index (χ0n) is 20.0. The second-order valence-corrected chi connectivity index (χ2v) is 10.8. The second-order valence-electron chi connectivity index (χ2n) is 9.01. The monoisotopic (exact) mass is 497 g/mol. The molecule has 0 bridgehead atoms. The third-order valence-electron chi connectivity index (χ3n) is 5.20. The Labute approximate surface area is 203 Å². The standard InChI is InChI=1S/C25H27N3O6S/c1-25(2,3)21-13-17(19-10-11-26-27-23(19)29)12-16(22(21)34-4)7-6-15-8-9-18(28-35(5,32)33)14-20(15)24(30)31/h6-14,28H,1-5H3,(H,27,29)(H,30,31)/b7-6+. The van der Waals surface area contributed by atoms with Crippen molar-refractivity contribution in [2.45, 2.75) is 26.2 Å². The highest BCUT2D eigenvalue weighted by atomic mass is 32.2. The van der Waals surface area contributed by atoms with Crippen LogP contribution >= 0.6 is 0 Å². The summed E-state index contributed by atoms with van der Waals surface area (Å²) in [6, 6.07) is 9.56. The molecule has 0 aliphatic rings. The summed E-state index contributed by atoms with van der Waals surface area (Å²) in [5.74, 6) is -0.614. The number of aromatic amines is 1. The van der Waals surface area contributed by atoms with Gasteiger partial charge in [-0.15, -0.1) is 0 Å². The molecule has 0 saturated carbocycles. The van der Waals surface area contributed by atoms with Gasteiger partial charge in [-0.25, -0.2) is 18.3 Å². The highest BCUT2D eigenvalue weighted by Gasteiger charge is 2.23. The first kappa shape index (κ1) is 25.7. The van der Waals surface area contributed by atoms with Crippen LogP contribution in [0.25, 0.3) is 23.3 Å². The van der Waals surface area contributed by atoms with E-state index in [0.29, 0.717) is 28.0 Å². The number of ether oxygens (including phenoxy) is 1. The van der Waals surface area contributed by atoms with Crippen molar-refractivity contribution in [1.29, 1.82) is 0 Å². The second kappa shape index (κ2) is 9.75. The third kappa shape index (κ3) is 6.15. The van der Waals surface area contributed by atoms with Crippen molar-refractivity contribution in [3.05, 3.63) is 75.2 Å². The van der Waals surface area contributed by atoms with Crippen LogP contribution in [0.15, 0.2) is 47.4 Å². The first-order chi connectivity index (χ1) is 16.3. The lowest BCUT2D eigenvalue weighted by Gasteiger charge is -2.24. The van der Waals surface area contributed by atoms with Crippen LogP contribution in [0.2, 0.25) is 0 Å². The summed E-state index contributed by atoms with van der Waals surface area (Å²) in [5, 5.41) is 15.9. The quantitative estimate of drug-likeness (QED) is 0.420. The van der Waals surface area contributed by atoms with E-state index in [1.165, 1.54) is 24.4 Å². The smallest absolute Gasteiger partial charge is 0.336 e. The van der Waals surface area contributed by atoms with E-state index in [-0.39, 0.29) is 22.2 Å². The zero-order valence-corrected chi connectivity index (χ0v) is 20.9. The predicted molar refractivity (Wildman–Crippen MR) is 136 cm³/mol. The molecule has 184 valence electrons. The maximum atomic E-state index is 12.4. The van der Waals surface area contributed by atoms with Crippen molar-refractivity contribution < 1.29 is 23.1 Å². The summed E-state index contributed by atoms with van der Waals surface area (Å²) in [6.07, 6.45) is 5.80. The lowest BCUT2D eigenvalue weighted by atomic mass is 9.83. The van der Waals surface area contributed by atoms with Gasteiger partial charge in [-0.2, -0.15) is 5.10 Å². The molecular formula is C25H27N3O6S. The van der Waals surface area contributed by atoms with Gasteiger partial charge >= 0.3 is 5.97 Å². The zero-order chi connectivity index (χ0) is 26.0. The number of carboxylic acids is 1. The number of benzene rings is 2. The van der Waals surface area contributed by atoms with E-state index < -0.39 is 16.0 Å². The Balaban J connectivity index is 2.19. The van der Waals surface area contributed by atoms with E-state index >= 15 is 0 Å². The molecule has 3 aromatic rings. The van der Waals surface area contributed by atoms with E-state index in [9.17, 15) is 23.1 Å². The van der Waals surface area contributed by atoms with E-state index in [1.54, 1.807) is 31.4 Å². The normalized spacial score (nSPS) is 12.0. The summed E-state index contributed by atoms with van der Waals surface area (Å²) in [4.78, 5) is 24.3. The number of nitrogens with zero attached hydrogens (tertiary/aromatic N) is 1. The van der Waals surface area contributed by atoms with Crippen molar-refractivity contribution in [2.75, 3.05) is 18.1 Å². The van der Waals surface area contributed by atoms with Crippen LogP contribution in [0.3, 0.4) is 0 Å². The number of anilines is 1. The van der Waals surface area contributed by atoms with Crippen LogP contribution < -0.4 is 15.0 Å². The molecular weight excluding hydrogens is 470 g/mol. The van der Waals surface area contributed by atoms with E-state index in [0.717, 1.165) is 11.8 Å². The number of hydrogen-bond acceptors (Lipinski definition) is 6. The SMILES string of the molecule is COc1c(/C=C/c2ccc(NS(C)(=O)=O)cc2C(=O)O)cc(-c2ccn[nH]c2=O)cc1C(C)(C)C. The van der Waals surface area contributed by atoms with Crippen LogP contribution in [-0.2, 0) is 15.4 Å². The lowest BCUT2D eigenvalue weighted by molar-refractivity contribution is 0.0696. The minimum Gasteiger partial charge on any atom is -0.496 e. The molecule has 3 rings (SSSR count). The highest BCUT2D eigenvalue weighted by molar-refractivity contribution is 7.92. The number of rotatable bonds is 7. The minimum absolute atomic E-state index is 0.0772. The molecule has 10 heteroatoms. The number of H-pyrrole nitrogens is 1. The van der Waals surface area contributed by atoms with E-state index in [4.69, 9.17) is 4.74 Å². The molecule has 9 nitrogen and oxygen atoms in total. The molecule has 0 atom stereocenters.